The molecule has 0 saturated carbocycles. The first-order valence-corrected chi connectivity index (χ1v) is 6.31. The number of likely N-dealkylation sites (N-methyl/N-ethyl adjacent to an activating group) is 1. The molecule has 2 amide bonds. The minimum atomic E-state index is -0.786. The Morgan fingerprint density at radius 2 is 2.22 bits per heavy atom. The average molecular weight is 254 g/mol. The zero-order valence-electron chi connectivity index (χ0n) is 11.2. The Morgan fingerprint density at radius 3 is 2.72 bits per heavy atom. The van der Waals surface area contributed by atoms with E-state index in [1.54, 1.807) is 22.9 Å². The van der Waals surface area contributed by atoms with Crippen molar-refractivity contribution in [2.24, 2.45) is 5.41 Å². The minimum absolute atomic E-state index is 0.117. The minimum Gasteiger partial charge on any atom is -0.481 e. The number of carboxylic acids is 1. The molecule has 1 aliphatic rings. The maximum atomic E-state index is 12.1. The number of hydrogen-bond acceptors (Lipinski definition) is 2. The molecule has 0 aromatic carbocycles. The maximum Gasteiger partial charge on any atom is 0.320 e. The summed E-state index contributed by atoms with van der Waals surface area (Å²) in [6.45, 7) is 6.87. The lowest BCUT2D eigenvalue weighted by Gasteiger charge is -2.26. The molecule has 18 heavy (non-hydrogen) atoms. The van der Waals surface area contributed by atoms with Crippen molar-refractivity contribution in [1.29, 1.82) is 0 Å². The van der Waals surface area contributed by atoms with Gasteiger partial charge in [0.1, 0.15) is 0 Å². The average Bonchev–Trinajstić information content (AvgIpc) is 2.74. The smallest absolute Gasteiger partial charge is 0.320 e. The predicted molar refractivity (Wildman–Crippen MR) is 69.4 cm³/mol. The number of carboxylic acid groups (broad SMARTS) is 1. The number of carbonyl (C=O) groups excluding carboxylic acids is 1. The summed E-state index contributed by atoms with van der Waals surface area (Å²) >= 11 is 0. The Bertz CT molecular complexity index is 343. The highest BCUT2D eigenvalue weighted by Crippen LogP contribution is 2.35. The molecule has 1 aliphatic heterocycles. The molecule has 0 aromatic rings. The third kappa shape index (κ3) is 2.83. The van der Waals surface area contributed by atoms with Crippen molar-refractivity contribution in [3.63, 3.8) is 0 Å². The summed E-state index contributed by atoms with van der Waals surface area (Å²) in [6.07, 6.45) is 3.64. The van der Waals surface area contributed by atoms with E-state index in [9.17, 15) is 14.7 Å². The fourth-order valence-corrected chi connectivity index (χ4v) is 2.51. The molecule has 1 heterocycles. The molecule has 1 rings (SSSR count). The molecule has 1 N–H and O–H groups in total. The highest BCUT2D eigenvalue weighted by Gasteiger charge is 2.45. The molecular weight excluding hydrogens is 232 g/mol. The number of amides is 2. The van der Waals surface area contributed by atoms with Crippen LogP contribution in [-0.4, -0.2) is 53.6 Å². The number of carbonyl (C=O) groups is 2. The van der Waals surface area contributed by atoms with E-state index in [-0.39, 0.29) is 6.03 Å². The Kier molecular flexibility index (Phi) is 4.76. The molecule has 0 bridgehead atoms. The van der Waals surface area contributed by atoms with Crippen LogP contribution in [0.15, 0.2) is 12.7 Å². The summed E-state index contributed by atoms with van der Waals surface area (Å²) in [4.78, 5) is 26.7. The summed E-state index contributed by atoms with van der Waals surface area (Å²) < 4.78 is 0. The van der Waals surface area contributed by atoms with E-state index < -0.39 is 11.4 Å². The molecule has 1 fully saturated rings. The lowest BCUT2D eigenvalue weighted by atomic mass is 9.83. The highest BCUT2D eigenvalue weighted by molar-refractivity contribution is 5.79. The zero-order valence-corrected chi connectivity index (χ0v) is 11.2. The largest absolute Gasteiger partial charge is 0.481 e. The van der Waals surface area contributed by atoms with Crippen LogP contribution in [0.25, 0.3) is 0 Å². The lowest BCUT2D eigenvalue weighted by Crippen LogP contribution is -2.42. The molecule has 102 valence electrons. The third-order valence-electron chi connectivity index (χ3n) is 3.54. The van der Waals surface area contributed by atoms with Gasteiger partial charge < -0.3 is 14.9 Å². The van der Waals surface area contributed by atoms with Crippen LogP contribution in [0, 0.1) is 5.41 Å². The van der Waals surface area contributed by atoms with Crippen molar-refractivity contribution in [2.45, 2.75) is 26.2 Å². The van der Waals surface area contributed by atoms with Gasteiger partial charge in [-0.1, -0.05) is 19.4 Å². The van der Waals surface area contributed by atoms with Gasteiger partial charge in [-0.05, 0) is 12.8 Å². The van der Waals surface area contributed by atoms with Gasteiger partial charge in [-0.25, -0.2) is 4.79 Å². The number of nitrogens with zero attached hydrogens (tertiary/aromatic N) is 2. The molecule has 0 aliphatic carbocycles. The van der Waals surface area contributed by atoms with Crippen LogP contribution < -0.4 is 0 Å². The lowest BCUT2D eigenvalue weighted by molar-refractivity contribution is -0.148. The van der Waals surface area contributed by atoms with Gasteiger partial charge in [-0.2, -0.15) is 0 Å². The van der Waals surface area contributed by atoms with E-state index in [4.69, 9.17) is 0 Å². The molecule has 0 aromatic heterocycles. The van der Waals surface area contributed by atoms with Gasteiger partial charge in [-0.15, -0.1) is 6.58 Å². The van der Waals surface area contributed by atoms with E-state index >= 15 is 0 Å². The van der Waals surface area contributed by atoms with Gasteiger partial charge in [0.15, 0.2) is 0 Å². The van der Waals surface area contributed by atoms with E-state index in [1.165, 1.54) is 0 Å². The number of rotatable bonds is 5. The second-order valence-electron chi connectivity index (χ2n) is 4.96. The molecule has 1 unspecified atom stereocenters. The Balaban J connectivity index is 2.71. The Morgan fingerprint density at radius 1 is 1.56 bits per heavy atom. The Labute approximate surface area is 108 Å². The summed E-state index contributed by atoms with van der Waals surface area (Å²) in [5, 5.41) is 9.37. The van der Waals surface area contributed by atoms with Crippen molar-refractivity contribution in [2.75, 3.05) is 26.7 Å². The number of aliphatic carboxylic acids is 1. The van der Waals surface area contributed by atoms with Crippen LogP contribution >= 0.6 is 0 Å². The molecule has 1 atom stereocenters. The second-order valence-corrected chi connectivity index (χ2v) is 4.96. The number of hydrogen-bond donors (Lipinski definition) is 1. The van der Waals surface area contributed by atoms with Gasteiger partial charge >= 0.3 is 12.0 Å². The van der Waals surface area contributed by atoms with Crippen LogP contribution in [0.5, 0.6) is 0 Å². The first kappa shape index (κ1) is 14.5. The van der Waals surface area contributed by atoms with Gasteiger partial charge in [0.05, 0.1) is 5.41 Å². The second kappa shape index (κ2) is 5.89. The highest BCUT2D eigenvalue weighted by atomic mass is 16.4. The van der Waals surface area contributed by atoms with Crippen molar-refractivity contribution < 1.29 is 14.7 Å². The summed E-state index contributed by atoms with van der Waals surface area (Å²) in [6, 6.07) is -0.117. The van der Waals surface area contributed by atoms with Crippen LogP contribution in [0.4, 0.5) is 4.79 Å². The predicted octanol–water partition coefficient (Wildman–Crippen LogP) is 1.80. The third-order valence-corrected chi connectivity index (χ3v) is 3.54. The van der Waals surface area contributed by atoms with Crippen LogP contribution in [0.3, 0.4) is 0 Å². The molecule has 5 nitrogen and oxygen atoms in total. The molecule has 1 saturated heterocycles. The summed E-state index contributed by atoms with van der Waals surface area (Å²) in [7, 11) is 1.70. The van der Waals surface area contributed by atoms with Crippen molar-refractivity contribution in [1.82, 2.24) is 9.80 Å². The Hall–Kier alpha value is -1.52. The standard InChI is InChI=1S/C13H22N2O3/c1-4-6-13(11(16)17)7-9-15(10-13)12(18)14(3)8-5-2/h5H,2,4,6-10H2,1,3H3,(H,16,17). The summed E-state index contributed by atoms with van der Waals surface area (Å²) in [5.74, 6) is -0.786. The van der Waals surface area contributed by atoms with Gasteiger partial charge in [0, 0.05) is 26.7 Å². The molecule has 0 radical (unpaired) electrons. The van der Waals surface area contributed by atoms with Gasteiger partial charge in [0.25, 0.3) is 0 Å². The monoisotopic (exact) mass is 254 g/mol. The zero-order chi connectivity index (χ0) is 13.8. The van der Waals surface area contributed by atoms with Crippen LogP contribution in [0.2, 0.25) is 0 Å². The van der Waals surface area contributed by atoms with E-state index in [2.05, 4.69) is 6.58 Å². The quantitative estimate of drug-likeness (QED) is 0.761. The van der Waals surface area contributed by atoms with Gasteiger partial charge in [0.2, 0.25) is 0 Å². The number of likely N-dealkylation sites (tertiary alicyclic amines) is 1. The van der Waals surface area contributed by atoms with E-state index in [0.717, 1.165) is 6.42 Å². The van der Waals surface area contributed by atoms with Crippen molar-refractivity contribution in [3.05, 3.63) is 12.7 Å². The SMILES string of the molecule is C=CCN(C)C(=O)N1CCC(CCC)(C(=O)O)C1. The normalized spacial score (nSPS) is 22.9. The van der Waals surface area contributed by atoms with Crippen LogP contribution in [0.1, 0.15) is 26.2 Å². The van der Waals surface area contributed by atoms with E-state index in [1.807, 2.05) is 6.92 Å². The molecule has 0 spiro atoms. The molecular formula is C13H22N2O3. The van der Waals surface area contributed by atoms with Gasteiger partial charge in [-0.3, -0.25) is 4.79 Å². The summed E-state index contributed by atoms with van der Waals surface area (Å²) in [5.41, 5.74) is -0.751. The fourth-order valence-electron chi connectivity index (χ4n) is 2.51. The first-order chi connectivity index (χ1) is 8.46. The maximum absolute atomic E-state index is 12.1. The number of urea groups is 1. The first-order valence-electron chi connectivity index (χ1n) is 6.31. The fraction of sp³-hybridized carbons (Fsp3) is 0.692. The van der Waals surface area contributed by atoms with Crippen molar-refractivity contribution in [3.8, 4) is 0 Å². The van der Waals surface area contributed by atoms with Crippen molar-refractivity contribution >= 4 is 12.0 Å². The van der Waals surface area contributed by atoms with E-state index in [0.29, 0.717) is 32.5 Å². The van der Waals surface area contributed by atoms with Crippen LogP contribution in [-0.2, 0) is 4.79 Å². The molecule has 5 heteroatoms. The topological polar surface area (TPSA) is 60.9 Å².